The van der Waals surface area contributed by atoms with Gasteiger partial charge < -0.3 is 9.32 Å². The molecule has 124 valence electrons. The van der Waals surface area contributed by atoms with Gasteiger partial charge in [-0.2, -0.15) is 0 Å². The summed E-state index contributed by atoms with van der Waals surface area (Å²) in [6.07, 6.45) is 1.54. The van der Waals surface area contributed by atoms with E-state index >= 15 is 0 Å². The Morgan fingerprint density at radius 2 is 2.04 bits per heavy atom. The maximum absolute atomic E-state index is 12.2. The molecule has 0 fully saturated rings. The predicted octanol–water partition coefficient (Wildman–Crippen LogP) is 1.92. The lowest BCUT2D eigenvalue weighted by atomic mass is 10.2. The number of carbonyl (C=O) groups excluding carboxylic acids is 1. The number of nitrogens with one attached hydrogen (secondary N) is 1. The molecule has 23 heavy (non-hydrogen) atoms. The molecule has 0 aliphatic heterocycles. The van der Waals surface area contributed by atoms with Gasteiger partial charge in [-0.15, -0.1) is 0 Å². The molecule has 0 aliphatic carbocycles. The second-order valence-corrected chi connectivity index (χ2v) is 7.00. The number of carbonyl (C=O) groups is 1. The van der Waals surface area contributed by atoms with Gasteiger partial charge >= 0.3 is 0 Å². The lowest BCUT2D eigenvalue weighted by molar-refractivity contribution is -0.129. The average molecular weight is 336 g/mol. The minimum Gasteiger partial charge on any atom is -0.467 e. The number of furan rings is 1. The zero-order valence-corrected chi connectivity index (χ0v) is 14.0. The van der Waals surface area contributed by atoms with Crippen LogP contribution in [0.2, 0.25) is 0 Å². The predicted molar refractivity (Wildman–Crippen MR) is 86.2 cm³/mol. The van der Waals surface area contributed by atoms with Gasteiger partial charge in [-0.1, -0.05) is 12.1 Å². The third-order valence-corrected chi connectivity index (χ3v) is 4.80. The Kier molecular flexibility index (Phi) is 5.57. The molecule has 1 amide bonds. The fourth-order valence-electron chi connectivity index (χ4n) is 2.12. The van der Waals surface area contributed by atoms with Crippen molar-refractivity contribution in [2.75, 3.05) is 13.1 Å². The Labute approximate surface area is 136 Å². The molecule has 6 nitrogen and oxygen atoms in total. The van der Waals surface area contributed by atoms with Crippen LogP contribution in [0.15, 0.2) is 52.0 Å². The fraction of sp³-hybridized carbons (Fsp3) is 0.312. The van der Waals surface area contributed by atoms with Crippen molar-refractivity contribution in [3.63, 3.8) is 0 Å². The smallest absolute Gasteiger partial charge is 0.240 e. The number of hydrogen-bond acceptors (Lipinski definition) is 4. The monoisotopic (exact) mass is 336 g/mol. The number of sulfonamides is 1. The fourth-order valence-corrected chi connectivity index (χ4v) is 3.24. The van der Waals surface area contributed by atoms with Gasteiger partial charge in [0.25, 0.3) is 0 Å². The van der Waals surface area contributed by atoms with Crippen LogP contribution in [0, 0.1) is 6.92 Å². The molecular formula is C16H20N2O4S. The van der Waals surface area contributed by atoms with Gasteiger partial charge in [-0.05, 0) is 36.8 Å². The van der Waals surface area contributed by atoms with Crippen molar-refractivity contribution < 1.29 is 17.6 Å². The van der Waals surface area contributed by atoms with Crippen molar-refractivity contribution in [1.29, 1.82) is 0 Å². The zero-order chi connectivity index (χ0) is 16.9. The molecule has 2 aromatic rings. The normalized spacial score (nSPS) is 11.4. The first-order valence-corrected chi connectivity index (χ1v) is 8.71. The van der Waals surface area contributed by atoms with Gasteiger partial charge in [0.05, 0.1) is 17.7 Å². The number of benzene rings is 1. The van der Waals surface area contributed by atoms with Crippen LogP contribution in [-0.4, -0.2) is 32.3 Å². The Hall–Kier alpha value is -2.12. The molecule has 0 atom stereocenters. The molecule has 1 heterocycles. The summed E-state index contributed by atoms with van der Waals surface area (Å²) in [5, 5.41) is 0. The van der Waals surface area contributed by atoms with Crippen LogP contribution in [0.4, 0.5) is 0 Å². The van der Waals surface area contributed by atoms with Crippen molar-refractivity contribution in [3.8, 4) is 0 Å². The van der Waals surface area contributed by atoms with Crippen LogP contribution < -0.4 is 4.72 Å². The second-order valence-electron chi connectivity index (χ2n) is 5.23. The molecule has 1 aromatic heterocycles. The molecule has 7 heteroatoms. The first-order valence-electron chi connectivity index (χ1n) is 7.23. The number of amides is 1. The summed E-state index contributed by atoms with van der Waals surface area (Å²) >= 11 is 0. The van der Waals surface area contributed by atoms with Crippen LogP contribution in [0.25, 0.3) is 0 Å². The highest BCUT2D eigenvalue weighted by atomic mass is 32.2. The van der Waals surface area contributed by atoms with E-state index in [0.29, 0.717) is 12.3 Å². The minimum atomic E-state index is -3.58. The number of aryl methyl sites for hydroxylation is 1. The van der Waals surface area contributed by atoms with E-state index in [4.69, 9.17) is 4.42 Å². The quantitative estimate of drug-likeness (QED) is 0.838. The number of nitrogens with zero attached hydrogens (tertiary/aromatic N) is 1. The van der Waals surface area contributed by atoms with E-state index in [2.05, 4.69) is 4.72 Å². The summed E-state index contributed by atoms with van der Waals surface area (Å²) in [6, 6.07) is 10.2. The average Bonchev–Trinajstić information content (AvgIpc) is 2.99. The molecule has 0 unspecified atom stereocenters. The van der Waals surface area contributed by atoms with Crippen molar-refractivity contribution >= 4 is 15.9 Å². The summed E-state index contributed by atoms with van der Waals surface area (Å²) in [4.78, 5) is 13.4. The van der Waals surface area contributed by atoms with Crippen LogP contribution in [0.1, 0.15) is 18.2 Å². The van der Waals surface area contributed by atoms with E-state index in [0.717, 1.165) is 5.56 Å². The van der Waals surface area contributed by atoms with E-state index in [1.807, 2.05) is 13.0 Å². The van der Waals surface area contributed by atoms with Crippen LogP contribution in [-0.2, 0) is 21.4 Å². The standard InChI is InChI=1S/C16H20N2O4S/c1-13-5-3-7-16(11-13)23(20,21)17-8-9-18(14(2)19)12-15-6-4-10-22-15/h3-7,10-11,17H,8-9,12H2,1-2H3. The lowest BCUT2D eigenvalue weighted by Crippen LogP contribution is -2.37. The maximum Gasteiger partial charge on any atom is 0.240 e. The van der Waals surface area contributed by atoms with Gasteiger partial charge in [-0.3, -0.25) is 4.79 Å². The third-order valence-electron chi connectivity index (χ3n) is 3.35. The summed E-state index contributed by atoms with van der Waals surface area (Å²) in [6.45, 7) is 3.99. The molecular weight excluding hydrogens is 316 g/mol. The topological polar surface area (TPSA) is 79.6 Å². The van der Waals surface area contributed by atoms with Gasteiger partial charge in [0.2, 0.25) is 15.9 Å². The molecule has 0 bridgehead atoms. The molecule has 1 N–H and O–H groups in total. The van der Waals surface area contributed by atoms with Gasteiger partial charge in [0.1, 0.15) is 5.76 Å². The van der Waals surface area contributed by atoms with Crippen molar-refractivity contribution in [2.24, 2.45) is 0 Å². The Morgan fingerprint density at radius 1 is 1.26 bits per heavy atom. The van der Waals surface area contributed by atoms with E-state index in [9.17, 15) is 13.2 Å². The van der Waals surface area contributed by atoms with E-state index in [-0.39, 0.29) is 23.9 Å². The summed E-state index contributed by atoms with van der Waals surface area (Å²) in [5.74, 6) is 0.512. The molecule has 0 saturated heterocycles. The first-order chi connectivity index (χ1) is 10.9. The highest BCUT2D eigenvalue weighted by Gasteiger charge is 2.16. The minimum absolute atomic E-state index is 0.135. The van der Waals surface area contributed by atoms with Gasteiger partial charge in [-0.25, -0.2) is 13.1 Å². The second kappa shape index (κ2) is 7.43. The van der Waals surface area contributed by atoms with Crippen molar-refractivity contribution in [1.82, 2.24) is 9.62 Å². The maximum atomic E-state index is 12.2. The summed E-state index contributed by atoms with van der Waals surface area (Å²) in [5.41, 5.74) is 0.871. The molecule has 1 aromatic carbocycles. The summed E-state index contributed by atoms with van der Waals surface area (Å²) in [7, 11) is -3.58. The van der Waals surface area contributed by atoms with Crippen molar-refractivity contribution in [2.45, 2.75) is 25.3 Å². The highest BCUT2D eigenvalue weighted by molar-refractivity contribution is 7.89. The number of rotatable bonds is 7. The highest BCUT2D eigenvalue weighted by Crippen LogP contribution is 2.10. The van der Waals surface area contributed by atoms with E-state index in [1.54, 1.807) is 30.3 Å². The largest absolute Gasteiger partial charge is 0.467 e. The van der Waals surface area contributed by atoms with Crippen LogP contribution in [0.3, 0.4) is 0 Å². The molecule has 0 spiro atoms. The van der Waals surface area contributed by atoms with Gasteiger partial charge in [0.15, 0.2) is 0 Å². The van der Waals surface area contributed by atoms with Crippen LogP contribution >= 0.6 is 0 Å². The van der Waals surface area contributed by atoms with Crippen LogP contribution in [0.5, 0.6) is 0 Å². The summed E-state index contributed by atoms with van der Waals surface area (Å²) < 4.78 is 32.2. The molecule has 0 saturated carbocycles. The molecule has 0 aliphatic rings. The van der Waals surface area contributed by atoms with Crippen molar-refractivity contribution in [3.05, 3.63) is 54.0 Å². The Morgan fingerprint density at radius 3 is 2.65 bits per heavy atom. The van der Waals surface area contributed by atoms with Gasteiger partial charge in [0, 0.05) is 20.0 Å². The van der Waals surface area contributed by atoms with E-state index in [1.165, 1.54) is 18.1 Å². The SMILES string of the molecule is CC(=O)N(CCNS(=O)(=O)c1cccc(C)c1)Cc1ccco1. The van der Waals surface area contributed by atoms with E-state index < -0.39 is 10.0 Å². The Bertz CT molecular complexity index is 754. The number of hydrogen-bond donors (Lipinski definition) is 1. The molecule has 0 radical (unpaired) electrons. The first kappa shape index (κ1) is 17.2. The Balaban J connectivity index is 1.95. The molecule has 2 rings (SSSR count). The third kappa shape index (κ3) is 4.94. The zero-order valence-electron chi connectivity index (χ0n) is 13.2. The lowest BCUT2D eigenvalue weighted by Gasteiger charge is -2.20.